The van der Waals surface area contributed by atoms with Gasteiger partial charge in [0.05, 0.1) is 26.3 Å². The van der Waals surface area contributed by atoms with Crippen LogP contribution in [-0.2, 0) is 11.2 Å². The zero-order valence-corrected chi connectivity index (χ0v) is 14.6. The summed E-state index contributed by atoms with van der Waals surface area (Å²) in [4.78, 5) is 20.7. The standard InChI is InChI=1S/C20H19N3O3/c1-25-16-7-3-5-14(9-16)10-20(24)23-19-12-18(21-13-22-19)15-6-4-8-17(11-15)26-2/h3-9,11-13H,10H2,1-2H3,(H,21,22,23,24). The highest BCUT2D eigenvalue weighted by Gasteiger charge is 2.08. The topological polar surface area (TPSA) is 73.3 Å². The van der Waals surface area contributed by atoms with Gasteiger partial charge in [-0.1, -0.05) is 24.3 Å². The zero-order valence-electron chi connectivity index (χ0n) is 14.6. The van der Waals surface area contributed by atoms with E-state index < -0.39 is 0 Å². The summed E-state index contributed by atoms with van der Waals surface area (Å²) >= 11 is 0. The highest BCUT2D eigenvalue weighted by atomic mass is 16.5. The maximum atomic E-state index is 12.3. The highest BCUT2D eigenvalue weighted by Crippen LogP contribution is 2.23. The van der Waals surface area contributed by atoms with E-state index in [1.54, 1.807) is 20.3 Å². The fraction of sp³-hybridized carbons (Fsp3) is 0.150. The Morgan fingerprint density at radius 3 is 2.46 bits per heavy atom. The number of carbonyl (C=O) groups excluding carboxylic acids is 1. The number of ether oxygens (including phenoxy) is 2. The summed E-state index contributed by atoms with van der Waals surface area (Å²) in [6.07, 6.45) is 1.66. The molecule has 0 spiro atoms. The van der Waals surface area contributed by atoms with E-state index in [1.165, 1.54) is 6.33 Å². The van der Waals surface area contributed by atoms with Gasteiger partial charge in [0, 0.05) is 11.6 Å². The van der Waals surface area contributed by atoms with Gasteiger partial charge in [0.25, 0.3) is 0 Å². The van der Waals surface area contributed by atoms with Crippen LogP contribution in [-0.4, -0.2) is 30.1 Å². The molecule has 0 aliphatic rings. The second-order valence-corrected chi connectivity index (χ2v) is 5.60. The van der Waals surface area contributed by atoms with Crippen LogP contribution in [0.1, 0.15) is 5.56 Å². The molecule has 26 heavy (non-hydrogen) atoms. The van der Waals surface area contributed by atoms with E-state index in [9.17, 15) is 4.79 Å². The molecule has 3 aromatic rings. The highest BCUT2D eigenvalue weighted by molar-refractivity contribution is 5.91. The summed E-state index contributed by atoms with van der Waals surface area (Å²) in [6, 6.07) is 16.7. The largest absolute Gasteiger partial charge is 0.497 e. The van der Waals surface area contributed by atoms with Crippen molar-refractivity contribution in [2.45, 2.75) is 6.42 Å². The van der Waals surface area contributed by atoms with Crippen molar-refractivity contribution in [3.8, 4) is 22.8 Å². The van der Waals surface area contributed by atoms with Gasteiger partial charge in [-0.15, -0.1) is 0 Å². The van der Waals surface area contributed by atoms with Crippen molar-refractivity contribution >= 4 is 11.7 Å². The third kappa shape index (κ3) is 4.36. The molecule has 132 valence electrons. The third-order valence-electron chi connectivity index (χ3n) is 3.80. The number of nitrogens with zero attached hydrogens (tertiary/aromatic N) is 2. The zero-order chi connectivity index (χ0) is 18.4. The molecule has 0 radical (unpaired) electrons. The summed E-state index contributed by atoms with van der Waals surface area (Å²) < 4.78 is 10.4. The maximum Gasteiger partial charge on any atom is 0.229 e. The van der Waals surface area contributed by atoms with Gasteiger partial charge in [-0.25, -0.2) is 9.97 Å². The number of nitrogens with one attached hydrogen (secondary N) is 1. The average Bonchev–Trinajstić information content (AvgIpc) is 2.68. The first-order valence-electron chi connectivity index (χ1n) is 8.07. The quantitative estimate of drug-likeness (QED) is 0.739. The van der Waals surface area contributed by atoms with Crippen LogP contribution in [0.5, 0.6) is 11.5 Å². The Morgan fingerprint density at radius 2 is 1.69 bits per heavy atom. The lowest BCUT2D eigenvalue weighted by Crippen LogP contribution is -2.15. The van der Waals surface area contributed by atoms with Gasteiger partial charge in [-0.3, -0.25) is 4.79 Å². The summed E-state index contributed by atoms with van der Waals surface area (Å²) in [7, 11) is 3.21. The molecular weight excluding hydrogens is 330 g/mol. The number of hydrogen-bond acceptors (Lipinski definition) is 5. The SMILES string of the molecule is COc1cccc(CC(=O)Nc2cc(-c3cccc(OC)c3)ncn2)c1. The first-order valence-corrected chi connectivity index (χ1v) is 8.07. The molecule has 0 fully saturated rings. The number of amides is 1. The predicted molar refractivity (Wildman–Crippen MR) is 99.3 cm³/mol. The molecule has 0 saturated carbocycles. The number of benzene rings is 2. The van der Waals surface area contributed by atoms with Crippen molar-refractivity contribution in [1.29, 1.82) is 0 Å². The molecule has 1 amide bonds. The fourth-order valence-electron chi connectivity index (χ4n) is 2.52. The Bertz CT molecular complexity index is 912. The molecule has 0 aliphatic carbocycles. The number of carbonyl (C=O) groups is 1. The lowest BCUT2D eigenvalue weighted by Gasteiger charge is -2.08. The van der Waals surface area contributed by atoms with Crippen LogP contribution in [0.2, 0.25) is 0 Å². The van der Waals surface area contributed by atoms with Gasteiger partial charge in [0.2, 0.25) is 5.91 Å². The number of aromatic nitrogens is 2. The van der Waals surface area contributed by atoms with Gasteiger partial charge >= 0.3 is 0 Å². The summed E-state index contributed by atoms with van der Waals surface area (Å²) in [5.74, 6) is 1.75. The summed E-state index contributed by atoms with van der Waals surface area (Å²) in [5, 5.41) is 2.80. The minimum absolute atomic E-state index is 0.159. The Hall–Kier alpha value is -3.41. The minimum Gasteiger partial charge on any atom is -0.497 e. The van der Waals surface area contributed by atoms with Gasteiger partial charge < -0.3 is 14.8 Å². The van der Waals surface area contributed by atoms with Gasteiger partial charge in [0.1, 0.15) is 23.6 Å². The predicted octanol–water partition coefficient (Wildman–Crippen LogP) is 3.34. The normalized spacial score (nSPS) is 10.2. The lowest BCUT2D eigenvalue weighted by atomic mass is 10.1. The second-order valence-electron chi connectivity index (χ2n) is 5.60. The van der Waals surface area contributed by atoms with E-state index in [0.717, 1.165) is 22.6 Å². The minimum atomic E-state index is -0.159. The van der Waals surface area contributed by atoms with Crippen molar-refractivity contribution in [1.82, 2.24) is 9.97 Å². The van der Waals surface area contributed by atoms with Crippen molar-refractivity contribution in [3.05, 3.63) is 66.5 Å². The van der Waals surface area contributed by atoms with Crippen LogP contribution in [0.25, 0.3) is 11.3 Å². The molecule has 6 nitrogen and oxygen atoms in total. The maximum absolute atomic E-state index is 12.3. The van der Waals surface area contributed by atoms with Crippen molar-refractivity contribution < 1.29 is 14.3 Å². The Labute approximate surface area is 151 Å². The molecule has 0 atom stereocenters. The molecule has 3 rings (SSSR count). The number of hydrogen-bond donors (Lipinski definition) is 1. The molecular formula is C20H19N3O3. The van der Waals surface area contributed by atoms with E-state index >= 15 is 0 Å². The third-order valence-corrected chi connectivity index (χ3v) is 3.80. The van der Waals surface area contributed by atoms with Crippen LogP contribution in [0.4, 0.5) is 5.82 Å². The molecule has 1 aromatic heterocycles. The fourth-order valence-corrected chi connectivity index (χ4v) is 2.52. The molecule has 2 aromatic carbocycles. The number of anilines is 1. The first kappa shape index (κ1) is 17.4. The average molecular weight is 349 g/mol. The van der Waals surface area contributed by atoms with Gasteiger partial charge in [-0.05, 0) is 29.8 Å². The molecule has 0 aliphatic heterocycles. The second kappa shape index (κ2) is 8.11. The van der Waals surface area contributed by atoms with Gasteiger partial charge in [-0.2, -0.15) is 0 Å². The Morgan fingerprint density at radius 1 is 0.962 bits per heavy atom. The molecule has 0 unspecified atom stereocenters. The van der Waals surface area contributed by atoms with E-state index in [0.29, 0.717) is 11.5 Å². The van der Waals surface area contributed by atoms with E-state index in [1.807, 2.05) is 48.5 Å². The first-order chi connectivity index (χ1) is 12.7. The van der Waals surface area contributed by atoms with Crippen molar-refractivity contribution in [2.75, 3.05) is 19.5 Å². The Kier molecular flexibility index (Phi) is 5.43. The van der Waals surface area contributed by atoms with Crippen molar-refractivity contribution in [3.63, 3.8) is 0 Å². The smallest absolute Gasteiger partial charge is 0.229 e. The van der Waals surface area contributed by atoms with Crippen LogP contribution in [0, 0.1) is 0 Å². The molecule has 1 heterocycles. The summed E-state index contributed by atoms with van der Waals surface area (Å²) in [5.41, 5.74) is 2.45. The monoisotopic (exact) mass is 349 g/mol. The number of methoxy groups -OCH3 is 2. The molecule has 6 heteroatoms. The Balaban J connectivity index is 1.72. The van der Waals surface area contributed by atoms with E-state index in [4.69, 9.17) is 9.47 Å². The van der Waals surface area contributed by atoms with Crippen LogP contribution in [0.15, 0.2) is 60.9 Å². The lowest BCUT2D eigenvalue weighted by molar-refractivity contribution is -0.115. The van der Waals surface area contributed by atoms with E-state index in [-0.39, 0.29) is 12.3 Å². The number of rotatable bonds is 6. The molecule has 0 bridgehead atoms. The molecule has 0 saturated heterocycles. The molecule has 1 N–H and O–H groups in total. The van der Waals surface area contributed by atoms with Crippen LogP contribution < -0.4 is 14.8 Å². The summed E-state index contributed by atoms with van der Waals surface area (Å²) in [6.45, 7) is 0. The van der Waals surface area contributed by atoms with Crippen LogP contribution in [0.3, 0.4) is 0 Å². The van der Waals surface area contributed by atoms with Gasteiger partial charge in [0.15, 0.2) is 0 Å². The van der Waals surface area contributed by atoms with Crippen molar-refractivity contribution in [2.24, 2.45) is 0 Å². The van der Waals surface area contributed by atoms with Crippen LogP contribution >= 0.6 is 0 Å². The van der Waals surface area contributed by atoms with E-state index in [2.05, 4.69) is 15.3 Å².